The lowest BCUT2D eigenvalue weighted by Gasteiger charge is -1.74. The lowest BCUT2D eigenvalue weighted by Crippen LogP contribution is -1.62. The Labute approximate surface area is 48.2 Å². The van der Waals surface area contributed by atoms with Gasteiger partial charge in [0, 0.05) is 11.6 Å². The summed E-state index contributed by atoms with van der Waals surface area (Å²) >= 11 is 0. The van der Waals surface area contributed by atoms with Crippen LogP contribution in [-0.2, 0) is 0 Å². The maximum absolute atomic E-state index is 8.23. The van der Waals surface area contributed by atoms with Crippen LogP contribution in [0.25, 0.3) is 5.53 Å². The predicted octanol–water partition coefficient (Wildman–Crippen LogP) is 1.63. The zero-order valence-electron chi connectivity index (χ0n) is 4.23. The minimum atomic E-state index is -0.681. The van der Waals surface area contributed by atoms with E-state index in [1.165, 1.54) is 0 Å². The van der Waals surface area contributed by atoms with Crippen molar-refractivity contribution in [1.82, 2.24) is 4.54 Å². The third kappa shape index (κ3) is 1.06. The SMILES string of the molecule is [N-]=[N+]=P1=CC=CC=C1. The Hall–Kier alpha value is -0.840. The van der Waals surface area contributed by atoms with Gasteiger partial charge in [-0.1, -0.05) is 18.2 Å². The van der Waals surface area contributed by atoms with E-state index in [9.17, 15) is 0 Å². The molecule has 1 heterocycles. The van der Waals surface area contributed by atoms with Crippen LogP contribution in [0.2, 0.25) is 0 Å². The van der Waals surface area contributed by atoms with Crippen molar-refractivity contribution in [2.75, 3.05) is 0 Å². The van der Waals surface area contributed by atoms with Crippen molar-refractivity contribution >= 4 is 13.1 Å². The first-order chi connectivity index (χ1) is 3.93. The summed E-state index contributed by atoms with van der Waals surface area (Å²) in [5.74, 6) is 3.74. The van der Waals surface area contributed by atoms with Crippen molar-refractivity contribution in [2.24, 2.45) is 0 Å². The van der Waals surface area contributed by atoms with E-state index in [1.807, 2.05) is 29.8 Å². The molecule has 3 heteroatoms. The van der Waals surface area contributed by atoms with E-state index in [2.05, 4.69) is 4.54 Å². The van der Waals surface area contributed by atoms with Crippen molar-refractivity contribution in [1.29, 1.82) is 0 Å². The molecular formula is C5H5N2P. The van der Waals surface area contributed by atoms with Gasteiger partial charge in [0.05, 0.1) is 0 Å². The molecule has 0 aromatic carbocycles. The molecule has 0 fully saturated rings. The Bertz CT molecular complexity index is 237. The van der Waals surface area contributed by atoms with Crippen LogP contribution in [0, 0.1) is 0 Å². The van der Waals surface area contributed by atoms with Gasteiger partial charge in [-0.25, -0.2) is 0 Å². The maximum atomic E-state index is 8.23. The summed E-state index contributed by atoms with van der Waals surface area (Å²) in [4.78, 5) is 0. The van der Waals surface area contributed by atoms with Gasteiger partial charge in [-0.05, 0) is 0 Å². The second-order valence-corrected chi connectivity index (χ2v) is 2.88. The lowest BCUT2D eigenvalue weighted by molar-refractivity contribution is 1.71. The summed E-state index contributed by atoms with van der Waals surface area (Å²) in [6.07, 6.45) is 5.67. The van der Waals surface area contributed by atoms with E-state index < -0.39 is 7.34 Å². The van der Waals surface area contributed by atoms with Crippen LogP contribution in [0.15, 0.2) is 24.0 Å². The van der Waals surface area contributed by atoms with E-state index in [-0.39, 0.29) is 0 Å². The van der Waals surface area contributed by atoms with Gasteiger partial charge in [0.15, 0.2) is 0 Å². The highest BCUT2D eigenvalue weighted by molar-refractivity contribution is 7.50. The summed E-state index contributed by atoms with van der Waals surface area (Å²) in [5.41, 5.74) is 8.23. The van der Waals surface area contributed by atoms with E-state index in [0.717, 1.165) is 0 Å². The largest absolute Gasteiger partial charge is 0.360 e. The number of hydrogen-bond acceptors (Lipinski definition) is 0. The molecule has 0 N–H and O–H groups in total. The van der Waals surface area contributed by atoms with E-state index >= 15 is 0 Å². The quantitative estimate of drug-likeness (QED) is 0.267. The Balaban J connectivity index is 3.20. The molecule has 0 radical (unpaired) electrons. The molecular weight excluding hydrogens is 119 g/mol. The minimum Gasteiger partial charge on any atom is -0.360 e. The number of hydrogen-bond donors (Lipinski definition) is 0. The smallest absolute Gasteiger partial charge is 0.275 e. The monoisotopic (exact) mass is 124 g/mol. The highest BCUT2D eigenvalue weighted by atomic mass is 31.1. The lowest BCUT2D eigenvalue weighted by atomic mass is 10.5. The van der Waals surface area contributed by atoms with Gasteiger partial charge in [-0.2, -0.15) is 4.54 Å². The highest BCUT2D eigenvalue weighted by Crippen LogP contribution is 2.09. The van der Waals surface area contributed by atoms with Crippen molar-refractivity contribution in [3.05, 3.63) is 29.6 Å². The first-order valence-electron chi connectivity index (χ1n) is 2.25. The summed E-state index contributed by atoms with van der Waals surface area (Å²) in [6, 6.07) is 0. The normalized spacial score (nSPS) is 19.8. The Kier molecular flexibility index (Phi) is 1.63. The topological polar surface area (TPSA) is 36.4 Å². The molecule has 0 spiro atoms. The predicted molar refractivity (Wildman–Crippen MR) is 36.8 cm³/mol. The number of nitrogens with zero attached hydrogens (tertiary/aromatic N) is 2. The van der Waals surface area contributed by atoms with E-state index in [0.29, 0.717) is 0 Å². The van der Waals surface area contributed by atoms with Crippen molar-refractivity contribution in [3.63, 3.8) is 0 Å². The van der Waals surface area contributed by atoms with Crippen LogP contribution in [-0.4, -0.2) is 5.80 Å². The van der Waals surface area contributed by atoms with Crippen molar-refractivity contribution < 1.29 is 0 Å². The standard InChI is InChI=1S/C5H5N2P/c6-7-8-4-2-1-3-5-8/h1-5H. The minimum absolute atomic E-state index is 0.681. The first kappa shape index (κ1) is 5.30. The van der Waals surface area contributed by atoms with E-state index in [1.54, 1.807) is 0 Å². The average molecular weight is 124 g/mol. The molecule has 1 unspecified atom stereocenters. The molecule has 0 aliphatic carbocycles. The fraction of sp³-hybridized carbons (Fsp3) is 0. The van der Waals surface area contributed by atoms with Gasteiger partial charge in [-0.3, -0.25) is 0 Å². The maximum Gasteiger partial charge on any atom is 0.275 e. The number of allylic oxidation sites excluding steroid dienone is 3. The molecule has 0 saturated carbocycles. The molecule has 1 aliphatic rings. The van der Waals surface area contributed by atoms with Crippen molar-refractivity contribution in [3.8, 4) is 0 Å². The van der Waals surface area contributed by atoms with Gasteiger partial charge in [0.25, 0.3) is 7.34 Å². The van der Waals surface area contributed by atoms with Crippen molar-refractivity contribution in [2.45, 2.75) is 0 Å². The third-order valence-electron chi connectivity index (χ3n) is 0.803. The second-order valence-electron chi connectivity index (χ2n) is 1.34. The Morgan fingerprint density at radius 1 is 1.25 bits per heavy atom. The summed E-state index contributed by atoms with van der Waals surface area (Å²) in [5, 5.41) is 0. The second kappa shape index (κ2) is 2.46. The molecule has 0 saturated heterocycles. The molecule has 40 valence electrons. The third-order valence-corrected chi connectivity index (χ3v) is 1.96. The van der Waals surface area contributed by atoms with Crippen LogP contribution < -0.4 is 4.54 Å². The molecule has 0 amide bonds. The Morgan fingerprint density at radius 2 is 2.12 bits per heavy atom. The molecule has 1 atom stereocenters. The zero-order chi connectivity index (χ0) is 5.82. The van der Waals surface area contributed by atoms with Gasteiger partial charge in [0.1, 0.15) is 0 Å². The zero-order valence-corrected chi connectivity index (χ0v) is 5.12. The summed E-state index contributed by atoms with van der Waals surface area (Å²) in [6.45, 7) is 0. The molecule has 0 bridgehead atoms. The molecule has 1 rings (SSSR count). The molecule has 8 heavy (non-hydrogen) atoms. The summed E-state index contributed by atoms with van der Waals surface area (Å²) in [7, 11) is -0.681. The first-order valence-corrected chi connectivity index (χ1v) is 3.68. The Morgan fingerprint density at radius 3 is 2.50 bits per heavy atom. The molecule has 1 aliphatic heterocycles. The molecule has 0 aromatic rings. The number of rotatable bonds is 0. The van der Waals surface area contributed by atoms with Gasteiger partial charge in [0.2, 0.25) is 0 Å². The van der Waals surface area contributed by atoms with Gasteiger partial charge in [-0.15, -0.1) is 0 Å². The average Bonchev–Trinajstić information content (AvgIpc) is 1.90. The molecule has 2 nitrogen and oxygen atoms in total. The molecule has 0 aromatic heterocycles. The fourth-order valence-electron chi connectivity index (χ4n) is 0.449. The summed E-state index contributed by atoms with van der Waals surface area (Å²) < 4.78 is 3.12. The van der Waals surface area contributed by atoms with Gasteiger partial charge >= 0.3 is 0 Å². The van der Waals surface area contributed by atoms with Crippen LogP contribution in [0.5, 0.6) is 0 Å². The highest BCUT2D eigenvalue weighted by Gasteiger charge is 1.84. The van der Waals surface area contributed by atoms with Crippen LogP contribution >= 0.6 is 7.34 Å². The van der Waals surface area contributed by atoms with Crippen LogP contribution in [0.1, 0.15) is 0 Å². The fourth-order valence-corrected chi connectivity index (χ4v) is 1.22. The van der Waals surface area contributed by atoms with Crippen LogP contribution in [0.3, 0.4) is 0 Å². The van der Waals surface area contributed by atoms with E-state index in [4.69, 9.17) is 5.53 Å². The van der Waals surface area contributed by atoms with Gasteiger partial charge < -0.3 is 5.53 Å². The van der Waals surface area contributed by atoms with Crippen LogP contribution in [0.4, 0.5) is 0 Å².